The van der Waals surface area contributed by atoms with Gasteiger partial charge in [0, 0.05) is 23.2 Å². The third-order valence-corrected chi connectivity index (χ3v) is 7.63. The predicted molar refractivity (Wildman–Crippen MR) is 151 cm³/mol. The molecular weight excluding hydrogens is 525 g/mol. The van der Waals surface area contributed by atoms with Gasteiger partial charge in [0.1, 0.15) is 30.3 Å². The van der Waals surface area contributed by atoms with E-state index in [9.17, 15) is 14.4 Å². The van der Waals surface area contributed by atoms with Gasteiger partial charge in [-0.05, 0) is 73.7 Å². The fourth-order valence-electron chi connectivity index (χ4n) is 5.29. The predicted octanol–water partition coefficient (Wildman–Crippen LogP) is 7.11. The Labute approximate surface area is 237 Å². The zero-order valence-electron chi connectivity index (χ0n) is 22.6. The molecule has 1 amide bonds. The number of anilines is 1. The number of carbonyl (C=O) groups excluding carboxylic acids is 1. The number of aromatic nitrogens is 1. The Bertz CT molecular complexity index is 1580. The van der Waals surface area contributed by atoms with Crippen LogP contribution in [-0.4, -0.2) is 36.8 Å². The van der Waals surface area contributed by atoms with Crippen molar-refractivity contribution in [2.75, 3.05) is 25.1 Å². The molecule has 2 heterocycles. The lowest BCUT2D eigenvalue weighted by Crippen LogP contribution is -2.19. The quantitative estimate of drug-likeness (QED) is 0.249. The van der Waals surface area contributed by atoms with E-state index in [4.69, 9.17) is 18.9 Å². The molecule has 0 spiro atoms. The lowest BCUT2D eigenvalue weighted by atomic mass is 9.92. The summed E-state index contributed by atoms with van der Waals surface area (Å²) in [6.45, 7) is 3.16. The summed E-state index contributed by atoms with van der Waals surface area (Å²) in [5, 5.41) is 13.8. The molecule has 3 aromatic carbocycles. The van der Waals surface area contributed by atoms with Gasteiger partial charge >= 0.3 is 6.09 Å². The molecule has 0 radical (unpaired) electrons. The van der Waals surface area contributed by atoms with Crippen molar-refractivity contribution in [1.29, 1.82) is 5.26 Å². The van der Waals surface area contributed by atoms with E-state index in [1.807, 2.05) is 30.3 Å². The van der Waals surface area contributed by atoms with Crippen molar-refractivity contribution in [2.24, 2.45) is 0 Å². The number of fused-ring (bicyclic) bond motifs is 1. The highest BCUT2D eigenvalue weighted by Gasteiger charge is 2.28. The second-order valence-electron chi connectivity index (χ2n) is 10.3. The molecule has 1 aliphatic carbocycles. The number of rotatable bonds is 8. The first-order valence-electron chi connectivity index (χ1n) is 13.8. The molecule has 4 aromatic rings. The molecule has 1 saturated carbocycles. The van der Waals surface area contributed by atoms with Gasteiger partial charge in [-0.3, -0.25) is 5.32 Å². The van der Waals surface area contributed by atoms with Crippen LogP contribution in [0.1, 0.15) is 49.5 Å². The average molecular weight is 556 g/mol. The van der Waals surface area contributed by atoms with Crippen LogP contribution in [0.5, 0.6) is 5.75 Å². The number of halogens is 1. The minimum atomic E-state index is -0.614. The van der Waals surface area contributed by atoms with Crippen LogP contribution in [0.2, 0.25) is 0 Å². The Morgan fingerprint density at radius 2 is 1.83 bits per heavy atom. The monoisotopic (exact) mass is 555 g/mol. The van der Waals surface area contributed by atoms with Gasteiger partial charge in [0.2, 0.25) is 0 Å². The highest BCUT2D eigenvalue weighted by molar-refractivity contribution is 5.96. The third kappa shape index (κ3) is 5.62. The van der Waals surface area contributed by atoms with Gasteiger partial charge in [-0.2, -0.15) is 5.26 Å². The molecule has 6 rings (SSSR count). The number of hydrogen-bond donors (Lipinski definition) is 1. The standard InChI is InChI=1S/C32H30FN3O5/c1-20(21-5-9-23(33)10-6-21)41-32(37)35-24-11-7-22(8-12-24)31-28(18-34)27-14-13-26(40-19-30-38-15-16-39-30)17-29(27)36(31)25-3-2-4-25/h5-14,17,20,25,30H,2-4,15-16,19H2,1H3,(H,35,37). The average Bonchev–Trinajstić information content (AvgIpc) is 3.58. The summed E-state index contributed by atoms with van der Waals surface area (Å²) < 4.78 is 37.9. The molecule has 2 aliphatic rings. The summed E-state index contributed by atoms with van der Waals surface area (Å²) in [6.07, 6.45) is 1.68. The topological polar surface area (TPSA) is 94.7 Å². The number of hydrogen-bond acceptors (Lipinski definition) is 6. The van der Waals surface area contributed by atoms with Crippen molar-refractivity contribution in [3.05, 3.63) is 83.7 Å². The van der Waals surface area contributed by atoms with E-state index in [2.05, 4.69) is 16.0 Å². The van der Waals surface area contributed by atoms with Crippen LogP contribution < -0.4 is 10.1 Å². The minimum absolute atomic E-state index is 0.284. The van der Waals surface area contributed by atoms with E-state index in [0.29, 0.717) is 42.4 Å². The first kappa shape index (κ1) is 26.8. The number of ether oxygens (including phenoxy) is 4. The van der Waals surface area contributed by atoms with Crippen molar-refractivity contribution < 1.29 is 28.1 Å². The number of carbonyl (C=O) groups is 1. The Kier molecular flexibility index (Phi) is 7.59. The van der Waals surface area contributed by atoms with Crippen LogP contribution >= 0.6 is 0 Å². The molecule has 1 aliphatic heterocycles. The minimum Gasteiger partial charge on any atom is -0.488 e. The molecule has 41 heavy (non-hydrogen) atoms. The van der Waals surface area contributed by atoms with Gasteiger partial charge in [0.15, 0.2) is 6.29 Å². The van der Waals surface area contributed by atoms with Crippen LogP contribution in [0, 0.1) is 17.1 Å². The highest BCUT2D eigenvalue weighted by Crippen LogP contribution is 2.43. The lowest BCUT2D eigenvalue weighted by molar-refractivity contribution is -0.0683. The molecular formula is C32H30FN3O5. The van der Waals surface area contributed by atoms with Gasteiger partial charge in [0.05, 0.1) is 30.0 Å². The van der Waals surface area contributed by atoms with E-state index >= 15 is 0 Å². The number of nitrogens with one attached hydrogen (secondary N) is 1. The van der Waals surface area contributed by atoms with E-state index in [1.54, 1.807) is 31.2 Å². The van der Waals surface area contributed by atoms with Gasteiger partial charge in [0.25, 0.3) is 0 Å². The summed E-state index contributed by atoms with van der Waals surface area (Å²) in [6, 6.07) is 21.7. The largest absolute Gasteiger partial charge is 0.488 e. The Balaban J connectivity index is 1.24. The second kappa shape index (κ2) is 11.6. The van der Waals surface area contributed by atoms with E-state index in [1.165, 1.54) is 12.1 Å². The van der Waals surface area contributed by atoms with Crippen LogP contribution in [-0.2, 0) is 14.2 Å². The van der Waals surface area contributed by atoms with Crippen molar-refractivity contribution >= 4 is 22.7 Å². The summed E-state index contributed by atoms with van der Waals surface area (Å²) >= 11 is 0. The smallest absolute Gasteiger partial charge is 0.412 e. The molecule has 1 aromatic heterocycles. The molecule has 8 nitrogen and oxygen atoms in total. The molecule has 210 valence electrons. The fraction of sp³-hybridized carbons (Fsp3) is 0.312. The van der Waals surface area contributed by atoms with Gasteiger partial charge in [-0.15, -0.1) is 0 Å². The summed E-state index contributed by atoms with van der Waals surface area (Å²) in [5.74, 6) is 0.346. The first-order valence-corrected chi connectivity index (χ1v) is 13.8. The number of nitriles is 1. The molecule has 1 unspecified atom stereocenters. The van der Waals surface area contributed by atoms with E-state index < -0.39 is 12.2 Å². The molecule has 2 fully saturated rings. The van der Waals surface area contributed by atoms with Crippen molar-refractivity contribution in [3.63, 3.8) is 0 Å². The van der Waals surface area contributed by atoms with Crippen LogP contribution in [0.25, 0.3) is 22.2 Å². The van der Waals surface area contributed by atoms with Gasteiger partial charge in [-0.1, -0.05) is 24.3 Å². The maximum absolute atomic E-state index is 13.2. The van der Waals surface area contributed by atoms with E-state index in [-0.39, 0.29) is 18.1 Å². The Hall–Kier alpha value is -4.39. The normalized spacial score (nSPS) is 16.2. The number of nitrogens with zero attached hydrogens (tertiary/aromatic N) is 2. The zero-order chi connectivity index (χ0) is 28.3. The zero-order valence-corrected chi connectivity index (χ0v) is 22.6. The van der Waals surface area contributed by atoms with Crippen LogP contribution in [0.4, 0.5) is 14.9 Å². The molecule has 1 N–H and O–H groups in total. The summed E-state index contributed by atoms with van der Waals surface area (Å²) in [5.41, 5.74) is 4.53. The molecule has 0 bridgehead atoms. The highest BCUT2D eigenvalue weighted by atomic mass is 19.1. The summed E-state index contributed by atoms with van der Waals surface area (Å²) in [4.78, 5) is 12.5. The van der Waals surface area contributed by atoms with Crippen molar-refractivity contribution in [3.8, 4) is 23.1 Å². The first-order chi connectivity index (χ1) is 20.0. The lowest BCUT2D eigenvalue weighted by Gasteiger charge is -2.30. The third-order valence-electron chi connectivity index (χ3n) is 7.63. The van der Waals surface area contributed by atoms with Crippen LogP contribution in [0.15, 0.2) is 66.7 Å². The maximum atomic E-state index is 13.2. The van der Waals surface area contributed by atoms with Crippen LogP contribution in [0.3, 0.4) is 0 Å². The van der Waals surface area contributed by atoms with Gasteiger partial charge < -0.3 is 23.5 Å². The SMILES string of the molecule is CC(OC(=O)Nc1ccc(-c2c(C#N)c3ccc(OCC4OCCO4)cc3n2C2CCC2)cc1)c1ccc(F)cc1. The van der Waals surface area contributed by atoms with Crippen molar-refractivity contribution in [1.82, 2.24) is 4.57 Å². The van der Waals surface area contributed by atoms with Crippen molar-refractivity contribution in [2.45, 2.75) is 44.6 Å². The Morgan fingerprint density at radius 1 is 1.10 bits per heavy atom. The second-order valence-corrected chi connectivity index (χ2v) is 10.3. The fourth-order valence-corrected chi connectivity index (χ4v) is 5.29. The molecule has 1 saturated heterocycles. The molecule has 9 heteroatoms. The summed E-state index contributed by atoms with van der Waals surface area (Å²) in [7, 11) is 0. The maximum Gasteiger partial charge on any atom is 0.412 e. The molecule has 1 atom stereocenters. The number of benzene rings is 3. The van der Waals surface area contributed by atoms with Gasteiger partial charge in [-0.25, -0.2) is 9.18 Å². The van der Waals surface area contributed by atoms with E-state index in [0.717, 1.165) is 41.4 Å². The number of amides is 1. The Morgan fingerprint density at radius 3 is 2.49 bits per heavy atom.